The zero-order chi connectivity index (χ0) is 11.7. The van der Waals surface area contributed by atoms with Crippen molar-refractivity contribution in [3.8, 4) is 0 Å². The lowest BCUT2D eigenvalue weighted by atomic mass is 10.1. The molecular weight excluding hydrogens is 204 g/mol. The summed E-state index contributed by atoms with van der Waals surface area (Å²) in [5.74, 6) is -0.324. The van der Waals surface area contributed by atoms with Crippen LogP contribution in [0, 0.1) is 0 Å². The van der Waals surface area contributed by atoms with Crippen LogP contribution in [-0.2, 0) is 18.3 Å². The molecular formula is C11H18N4O. The van der Waals surface area contributed by atoms with Gasteiger partial charge in [0.1, 0.15) is 6.04 Å². The van der Waals surface area contributed by atoms with Gasteiger partial charge in [0.2, 0.25) is 5.91 Å². The average molecular weight is 222 g/mol. The van der Waals surface area contributed by atoms with E-state index in [0.717, 1.165) is 30.5 Å². The van der Waals surface area contributed by atoms with Gasteiger partial charge in [0.05, 0.1) is 5.69 Å². The van der Waals surface area contributed by atoms with Gasteiger partial charge in [-0.15, -0.1) is 0 Å². The van der Waals surface area contributed by atoms with Gasteiger partial charge in [0.15, 0.2) is 0 Å². The van der Waals surface area contributed by atoms with Crippen molar-refractivity contribution < 1.29 is 4.79 Å². The molecule has 88 valence electrons. The number of aryl methyl sites for hydroxylation is 2. The van der Waals surface area contributed by atoms with E-state index in [4.69, 9.17) is 5.73 Å². The van der Waals surface area contributed by atoms with Crippen LogP contribution in [0.2, 0.25) is 0 Å². The Balaban J connectivity index is 2.25. The summed E-state index contributed by atoms with van der Waals surface area (Å²) in [6.45, 7) is 2.03. The van der Waals surface area contributed by atoms with E-state index in [1.165, 1.54) is 0 Å². The van der Waals surface area contributed by atoms with Crippen LogP contribution in [0.5, 0.6) is 0 Å². The van der Waals surface area contributed by atoms with Gasteiger partial charge in [0.25, 0.3) is 0 Å². The van der Waals surface area contributed by atoms with E-state index >= 15 is 0 Å². The second-order valence-electron chi connectivity index (χ2n) is 4.33. The molecule has 0 aliphatic heterocycles. The summed E-state index contributed by atoms with van der Waals surface area (Å²) >= 11 is 0. The van der Waals surface area contributed by atoms with Crippen molar-refractivity contribution in [2.24, 2.45) is 12.8 Å². The Kier molecular flexibility index (Phi) is 2.96. The van der Waals surface area contributed by atoms with Gasteiger partial charge in [-0.1, -0.05) is 6.92 Å². The van der Waals surface area contributed by atoms with Crippen LogP contribution in [0.3, 0.4) is 0 Å². The van der Waals surface area contributed by atoms with Crippen LogP contribution in [0.15, 0.2) is 6.20 Å². The molecule has 1 heterocycles. The van der Waals surface area contributed by atoms with Crippen LogP contribution < -0.4 is 11.1 Å². The molecule has 5 heteroatoms. The molecule has 1 aromatic heterocycles. The number of amides is 1. The number of nitrogens with two attached hydrogens (primary N) is 1. The molecule has 16 heavy (non-hydrogen) atoms. The zero-order valence-electron chi connectivity index (χ0n) is 9.73. The Hall–Kier alpha value is -1.36. The van der Waals surface area contributed by atoms with Crippen molar-refractivity contribution in [2.45, 2.75) is 38.3 Å². The third kappa shape index (κ3) is 2.24. The molecule has 1 aromatic rings. The van der Waals surface area contributed by atoms with E-state index in [-0.39, 0.29) is 5.91 Å². The first kappa shape index (κ1) is 11.1. The lowest BCUT2D eigenvalue weighted by Crippen LogP contribution is -2.35. The van der Waals surface area contributed by atoms with E-state index in [0.29, 0.717) is 6.04 Å². The molecule has 1 amide bonds. The van der Waals surface area contributed by atoms with Gasteiger partial charge >= 0.3 is 0 Å². The summed E-state index contributed by atoms with van der Waals surface area (Å²) in [5.41, 5.74) is 7.30. The molecule has 3 N–H and O–H groups in total. The van der Waals surface area contributed by atoms with Crippen LogP contribution in [0.1, 0.15) is 37.1 Å². The highest BCUT2D eigenvalue weighted by Gasteiger charge is 2.30. The average Bonchev–Trinajstić information content (AvgIpc) is 2.97. The normalized spacial score (nSPS) is 17.4. The number of carbonyl (C=O) groups is 1. The van der Waals surface area contributed by atoms with Crippen molar-refractivity contribution in [3.63, 3.8) is 0 Å². The fourth-order valence-corrected chi connectivity index (χ4v) is 1.88. The Morgan fingerprint density at radius 1 is 1.75 bits per heavy atom. The maximum Gasteiger partial charge on any atom is 0.239 e. The number of hydrogen-bond donors (Lipinski definition) is 2. The molecule has 0 saturated heterocycles. The Bertz CT molecular complexity index is 395. The van der Waals surface area contributed by atoms with E-state index in [2.05, 4.69) is 10.4 Å². The van der Waals surface area contributed by atoms with Gasteiger partial charge in [-0.3, -0.25) is 14.8 Å². The lowest BCUT2D eigenvalue weighted by molar-refractivity contribution is -0.120. The molecule has 1 fully saturated rings. The first-order valence-electron chi connectivity index (χ1n) is 5.69. The van der Waals surface area contributed by atoms with Crippen molar-refractivity contribution in [1.82, 2.24) is 15.1 Å². The maximum atomic E-state index is 11.5. The number of nitrogens with zero attached hydrogens (tertiary/aromatic N) is 2. The molecule has 1 aliphatic carbocycles. The quantitative estimate of drug-likeness (QED) is 0.750. The second kappa shape index (κ2) is 4.25. The van der Waals surface area contributed by atoms with Crippen molar-refractivity contribution in [1.29, 1.82) is 0 Å². The number of primary amides is 1. The summed E-state index contributed by atoms with van der Waals surface area (Å²) in [6, 6.07) is 0.0542. The van der Waals surface area contributed by atoms with Crippen LogP contribution in [0.25, 0.3) is 0 Å². The highest BCUT2D eigenvalue weighted by atomic mass is 16.1. The van der Waals surface area contributed by atoms with Gasteiger partial charge < -0.3 is 5.73 Å². The number of nitrogens with one attached hydrogen (secondary N) is 1. The smallest absolute Gasteiger partial charge is 0.239 e. The highest BCUT2D eigenvalue weighted by Crippen LogP contribution is 2.25. The van der Waals surface area contributed by atoms with Gasteiger partial charge in [-0.2, -0.15) is 5.10 Å². The summed E-state index contributed by atoms with van der Waals surface area (Å²) in [5, 5.41) is 7.60. The van der Waals surface area contributed by atoms with Crippen LogP contribution in [0.4, 0.5) is 0 Å². The SMILES string of the molecule is CCc1nn(C)cc1C(NC1CC1)C(N)=O. The molecule has 5 nitrogen and oxygen atoms in total. The molecule has 0 radical (unpaired) electrons. The number of hydrogen-bond acceptors (Lipinski definition) is 3. The highest BCUT2D eigenvalue weighted by molar-refractivity contribution is 5.81. The minimum atomic E-state index is -0.392. The minimum Gasteiger partial charge on any atom is -0.368 e. The maximum absolute atomic E-state index is 11.5. The van der Waals surface area contributed by atoms with Crippen LogP contribution in [-0.4, -0.2) is 21.7 Å². The number of rotatable bonds is 5. The van der Waals surface area contributed by atoms with E-state index < -0.39 is 6.04 Å². The summed E-state index contributed by atoms with van der Waals surface area (Å²) in [6.07, 6.45) is 4.95. The summed E-state index contributed by atoms with van der Waals surface area (Å²) < 4.78 is 1.73. The largest absolute Gasteiger partial charge is 0.368 e. The third-order valence-corrected chi connectivity index (χ3v) is 2.85. The standard InChI is InChI=1S/C11H18N4O/c1-3-9-8(6-15(2)14-9)10(11(12)16)13-7-4-5-7/h6-7,10,13H,3-5H2,1-2H3,(H2,12,16). The second-order valence-corrected chi connectivity index (χ2v) is 4.33. The molecule has 1 unspecified atom stereocenters. The molecule has 1 atom stereocenters. The van der Waals surface area contributed by atoms with Gasteiger partial charge in [-0.25, -0.2) is 0 Å². The third-order valence-electron chi connectivity index (χ3n) is 2.85. The predicted molar refractivity (Wildman–Crippen MR) is 60.7 cm³/mol. The lowest BCUT2D eigenvalue weighted by Gasteiger charge is -2.14. The fourth-order valence-electron chi connectivity index (χ4n) is 1.88. The predicted octanol–water partition coefficient (Wildman–Crippen LogP) is 0.261. The molecule has 0 aromatic carbocycles. The first-order chi connectivity index (χ1) is 7.61. The van der Waals surface area contributed by atoms with Crippen molar-refractivity contribution in [3.05, 3.63) is 17.5 Å². The van der Waals surface area contributed by atoms with E-state index in [1.807, 2.05) is 20.2 Å². The molecule has 0 spiro atoms. The molecule has 1 saturated carbocycles. The fraction of sp³-hybridized carbons (Fsp3) is 0.636. The van der Waals surface area contributed by atoms with Gasteiger partial charge in [-0.05, 0) is 19.3 Å². The Morgan fingerprint density at radius 2 is 2.44 bits per heavy atom. The molecule has 1 aliphatic rings. The summed E-state index contributed by atoms with van der Waals surface area (Å²) in [4.78, 5) is 11.5. The zero-order valence-corrected chi connectivity index (χ0v) is 9.73. The number of carbonyl (C=O) groups excluding carboxylic acids is 1. The van der Waals surface area contributed by atoms with Crippen LogP contribution >= 0.6 is 0 Å². The monoisotopic (exact) mass is 222 g/mol. The summed E-state index contributed by atoms with van der Waals surface area (Å²) in [7, 11) is 1.86. The number of aromatic nitrogens is 2. The minimum absolute atomic E-state index is 0.324. The Morgan fingerprint density at radius 3 is 2.94 bits per heavy atom. The Labute approximate surface area is 95.0 Å². The van der Waals surface area contributed by atoms with Gasteiger partial charge in [0, 0.05) is 24.8 Å². The topological polar surface area (TPSA) is 72.9 Å². The van der Waals surface area contributed by atoms with Crippen molar-refractivity contribution >= 4 is 5.91 Å². The van der Waals surface area contributed by atoms with Crippen molar-refractivity contribution in [2.75, 3.05) is 0 Å². The van der Waals surface area contributed by atoms with E-state index in [9.17, 15) is 4.79 Å². The van der Waals surface area contributed by atoms with E-state index in [1.54, 1.807) is 4.68 Å². The first-order valence-corrected chi connectivity index (χ1v) is 5.69. The molecule has 0 bridgehead atoms. The molecule has 2 rings (SSSR count).